The van der Waals surface area contributed by atoms with E-state index in [1.165, 1.54) is 22.7 Å². The van der Waals surface area contributed by atoms with Gasteiger partial charge in [-0.25, -0.2) is 0 Å². The Kier molecular flexibility index (Phi) is 4.98. The minimum atomic E-state index is 0.699. The number of hydrogen-bond donors (Lipinski definition) is 4. The van der Waals surface area contributed by atoms with Crippen molar-refractivity contribution in [3.8, 4) is 0 Å². The molecule has 0 unspecified atom stereocenters. The Balaban J connectivity index is 0.000000140. The van der Waals surface area contributed by atoms with Gasteiger partial charge < -0.3 is 0 Å². The molecule has 0 spiro atoms. The van der Waals surface area contributed by atoms with E-state index in [-0.39, 0.29) is 0 Å². The highest BCUT2D eigenvalue weighted by atomic mass is 32.2. The predicted molar refractivity (Wildman–Crippen MR) is 69.4 cm³/mol. The molecule has 0 fully saturated rings. The van der Waals surface area contributed by atoms with Crippen LogP contribution in [-0.4, -0.2) is 20.4 Å². The van der Waals surface area contributed by atoms with Crippen LogP contribution in [0, 0.1) is 15.8 Å². The molecule has 0 amide bonds. The van der Waals surface area contributed by atoms with Crippen molar-refractivity contribution in [3.05, 3.63) is 15.8 Å². The van der Waals surface area contributed by atoms with Crippen molar-refractivity contribution in [2.24, 2.45) is 0 Å². The SMILES string of the molecule is S=c1[nH][nH]c(=S)s1.S=c1[nH][nH]c(=S)s1. The molecule has 2 heterocycles. The molecule has 0 aliphatic carbocycles. The summed E-state index contributed by atoms with van der Waals surface area (Å²) in [7, 11) is 0. The molecule has 0 aliphatic heterocycles. The second-order valence-electron chi connectivity index (χ2n) is 1.85. The molecule has 2 aromatic heterocycles. The number of nitrogens with one attached hydrogen (secondary N) is 4. The summed E-state index contributed by atoms with van der Waals surface area (Å²) in [6.45, 7) is 0. The third kappa shape index (κ3) is 4.48. The molecular formula is C4H4N4S6. The Labute approximate surface area is 107 Å². The van der Waals surface area contributed by atoms with Crippen LogP contribution in [0.1, 0.15) is 0 Å². The number of H-pyrrole nitrogens is 4. The zero-order valence-corrected chi connectivity index (χ0v) is 11.3. The van der Waals surface area contributed by atoms with Gasteiger partial charge in [0.2, 0.25) is 0 Å². The quantitative estimate of drug-likeness (QED) is 0.560. The van der Waals surface area contributed by atoms with Gasteiger partial charge in [-0.05, 0) is 48.9 Å². The van der Waals surface area contributed by atoms with E-state index in [4.69, 9.17) is 48.9 Å². The molecule has 10 heteroatoms. The van der Waals surface area contributed by atoms with Crippen LogP contribution in [0.15, 0.2) is 0 Å². The standard InChI is InChI=1S/2C2H2N2S3/c2*5-1-3-4-2(6)7-1/h2*(H,3,5)(H,4,6). The Bertz CT molecular complexity index is 485. The smallest absolute Gasteiger partial charge is 0.175 e. The van der Waals surface area contributed by atoms with E-state index >= 15 is 0 Å². The summed E-state index contributed by atoms with van der Waals surface area (Å²) >= 11 is 21.5. The lowest BCUT2D eigenvalue weighted by Crippen LogP contribution is -1.60. The Hall–Kier alpha value is -0.0000000000000000555. The Morgan fingerprint density at radius 2 is 0.786 bits per heavy atom. The largest absolute Gasteiger partial charge is 0.281 e. The molecule has 2 rings (SSSR count). The Morgan fingerprint density at radius 3 is 0.857 bits per heavy atom. The molecule has 0 aromatic carbocycles. The normalized spacial score (nSPS) is 9.14. The molecule has 0 radical (unpaired) electrons. The van der Waals surface area contributed by atoms with Crippen molar-refractivity contribution in [1.82, 2.24) is 20.4 Å². The topological polar surface area (TPSA) is 63.2 Å². The van der Waals surface area contributed by atoms with Crippen LogP contribution in [0.25, 0.3) is 0 Å². The lowest BCUT2D eigenvalue weighted by Gasteiger charge is -1.57. The molecule has 0 saturated carbocycles. The number of aromatic amines is 4. The van der Waals surface area contributed by atoms with Crippen molar-refractivity contribution in [3.63, 3.8) is 0 Å². The Morgan fingerprint density at radius 1 is 0.571 bits per heavy atom. The fourth-order valence-corrected chi connectivity index (χ4v) is 2.74. The van der Waals surface area contributed by atoms with Crippen molar-refractivity contribution < 1.29 is 0 Å². The van der Waals surface area contributed by atoms with Crippen molar-refractivity contribution in [1.29, 1.82) is 0 Å². The number of rotatable bonds is 0. The van der Waals surface area contributed by atoms with E-state index < -0.39 is 0 Å². The first-order valence-electron chi connectivity index (χ1n) is 3.13. The molecule has 0 aliphatic rings. The highest BCUT2D eigenvalue weighted by Gasteiger charge is 1.75. The van der Waals surface area contributed by atoms with E-state index in [0.717, 1.165) is 0 Å². The van der Waals surface area contributed by atoms with Crippen molar-refractivity contribution >= 4 is 71.5 Å². The molecule has 14 heavy (non-hydrogen) atoms. The molecule has 4 N–H and O–H groups in total. The summed E-state index contributed by atoms with van der Waals surface area (Å²) in [5.74, 6) is 0. The summed E-state index contributed by atoms with van der Waals surface area (Å²) in [4.78, 5) is 0. The van der Waals surface area contributed by atoms with Crippen LogP contribution in [0.4, 0.5) is 0 Å². The lowest BCUT2D eigenvalue weighted by atomic mass is 11.6. The monoisotopic (exact) mass is 300 g/mol. The first-order chi connectivity index (χ1) is 6.58. The van der Waals surface area contributed by atoms with Crippen molar-refractivity contribution in [2.45, 2.75) is 0 Å². The highest BCUT2D eigenvalue weighted by Crippen LogP contribution is 1.95. The molecule has 0 saturated heterocycles. The van der Waals surface area contributed by atoms with Crippen molar-refractivity contribution in [2.75, 3.05) is 0 Å². The fraction of sp³-hybridized carbons (Fsp3) is 0. The lowest BCUT2D eigenvalue weighted by molar-refractivity contribution is 1.07. The zero-order valence-electron chi connectivity index (χ0n) is 6.45. The molecule has 0 bridgehead atoms. The second kappa shape index (κ2) is 5.78. The highest BCUT2D eigenvalue weighted by molar-refractivity contribution is 7.76. The average Bonchev–Trinajstić information content (AvgIpc) is 2.63. The summed E-state index contributed by atoms with van der Waals surface area (Å²) in [6, 6.07) is 0. The van der Waals surface area contributed by atoms with Gasteiger partial charge in [0.05, 0.1) is 0 Å². The summed E-state index contributed by atoms with van der Waals surface area (Å²) < 4.78 is 2.80. The fourth-order valence-electron chi connectivity index (χ4n) is 0.475. The van der Waals surface area contributed by atoms with Gasteiger partial charge in [0.1, 0.15) is 0 Å². The molecule has 4 nitrogen and oxygen atoms in total. The van der Waals surface area contributed by atoms with Crippen LogP contribution in [-0.2, 0) is 0 Å². The third-order valence-electron chi connectivity index (χ3n) is 0.904. The van der Waals surface area contributed by atoms with Crippen LogP contribution in [0.5, 0.6) is 0 Å². The molecule has 0 atom stereocenters. The second-order valence-corrected chi connectivity index (χ2v) is 6.56. The van der Waals surface area contributed by atoms with Gasteiger partial charge >= 0.3 is 0 Å². The maximum Gasteiger partial charge on any atom is 0.175 e. The maximum absolute atomic E-state index is 4.70. The first-order valence-corrected chi connectivity index (χ1v) is 6.40. The average molecular weight is 301 g/mol. The van der Waals surface area contributed by atoms with Crippen LogP contribution < -0.4 is 0 Å². The minimum Gasteiger partial charge on any atom is -0.281 e. The van der Waals surface area contributed by atoms with E-state index in [2.05, 4.69) is 20.4 Å². The molecule has 76 valence electrons. The maximum atomic E-state index is 4.70. The zero-order chi connectivity index (χ0) is 10.6. The summed E-state index contributed by atoms with van der Waals surface area (Å²) in [5.41, 5.74) is 0. The number of aromatic nitrogens is 4. The molecule has 2 aromatic rings. The number of hydrogen-bond acceptors (Lipinski definition) is 6. The van der Waals surface area contributed by atoms with Gasteiger partial charge in [0.15, 0.2) is 15.8 Å². The van der Waals surface area contributed by atoms with Gasteiger partial charge in [-0.2, -0.15) is 0 Å². The van der Waals surface area contributed by atoms with E-state index in [1.807, 2.05) is 0 Å². The van der Waals surface area contributed by atoms with Crippen LogP contribution >= 0.6 is 71.5 Å². The van der Waals surface area contributed by atoms with Crippen LogP contribution in [0.3, 0.4) is 0 Å². The van der Waals surface area contributed by atoms with Gasteiger partial charge in [0, 0.05) is 0 Å². The van der Waals surface area contributed by atoms with E-state index in [9.17, 15) is 0 Å². The summed E-state index contributed by atoms with van der Waals surface area (Å²) in [6.07, 6.45) is 0. The van der Waals surface area contributed by atoms with E-state index in [0.29, 0.717) is 15.8 Å². The van der Waals surface area contributed by atoms with Crippen LogP contribution in [0.2, 0.25) is 0 Å². The van der Waals surface area contributed by atoms with Gasteiger partial charge in [-0.3, -0.25) is 20.4 Å². The summed E-state index contributed by atoms with van der Waals surface area (Å²) in [5, 5.41) is 10.7. The predicted octanol–water partition coefficient (Wildman–Crippen LogP) is 3.73. The minimum absolute atomic E-state index is 0.699. The van der Waals surface area contributed by atoms with Gasteiger partial charge in [0.25, 0.3) is 0 Å². The third-order valence-corrected chi connectivity index (χ3v) is 3.46. The first kappa shape index (κ1) is 12.1. The van der Waals surface area contributed by atoms with Gasteiger partial charge in [-0.1, -0.05) is 22.7 Å². The van der Waals surface area contributed by atoms with E-state index in [1.54, 1.807) is 0 Å². The molecular weight excluding hydrogens is 296 g/mol. The van der Waals surface area contributed by atoms with Gasteiger partial charge in [-0.15, -0.1) is 0 Å².